The van der Waals surface area contributed by atoms with Gasteiger partial charge in [0.15, 0.2) is 0 Å². The molecule has 1 aromatic carbocycles. The van der Waals surface area contributed by atoms with Crippen LogP contribution in [-0.2, 0) is 9.59 Å². The minimum atomic E-state index is -1.00. The van der Waals surface area contributed by atoms with Crippen LogP contribution in [0.5, 0.6) is 0 Å². The number of halogens is 1. The molecule has 0 aromatic heterocycles. The van der Waals surface area contributed by atoms with Gasteiger partial charge in [-0.2, -0.15) is 0 Å². The third-order valence-electron chi connectivity index (χ3n) is 2.67. The summed E-state index contributed by atoms with van der Waals surface area (Å²) in [4.78, 5) is 27.2. The third-order valence-corrected chi connectivity index (χ3v) is 3.92. The number of amides is 1. The van der Waals surface area contributed by atoms with Crippen LogP contribution in [0.1, 0.15) is 0 Å². The molecule has 0 unspecified atom stereocenters. The topological polar surface area (TPSA) is 60.9 Å². The van der Waals surface area contributed by atoms with Crippen LogP contribution in [0, 0.1) is 0 Å². The Morgan fingerprint density at radius 1 is 1.19 bits per heavy atom. The number of hydrogen-bond acceptors (Lipinski definition) is 4. The number of likely N-dealkylation sites (N-methyl/N-ethyl adjacent to an activating group) is 1. The molecule has 0 atom stereocenters. The first-order valence-corrected chi connectivity index (χ1v) is 7.77. The molecule has 0 heterocycles. The highest BCUT2D eigenvalue weighted by Gasteiger charge is 2.16. The van der Waals surface area contributed by atoms with E-state index in [2.05, 4.69) is 0 Å². The zero-order chi connectivity index (χ0) is 15.8. The number of carboxylic acid groups (broad SMARTS) is 1. The Hall–Kier alpha value is -1.24. The maximum atomic E-state index is 12.1. The Bertz CT molecular complexity index is 480. The second-order valence-electron chi connectivity index (χ2n) is 4.75. The number of thioether (sulfide) groups is 1. The van der Waals surface area contributed by atoms with Gasteiger partial charge in [-0.15, -0.1) is 11.8 Å². The zero-order valence-electron chi connectivity index (χ0n) is 12.1. The molecule has 1 aromatic rings. The van der Waals surface area contributed by atoms with Crippen LogP contribution >= 0.6 is 23.4 Å². The van der Waals surface area contributed by atoms with E-state index in [0.717, 1.165) is 4.90 Å². The van der Waals surface area contributed by atoms with Crippen molar-refractivity contribution in [2.45, 2.75) is 4.90 Å². The summed E-state index contributed by atoms with van der Waals surface area (Å²) in [6.45, 7) is 0.762. The summed E-state index contributed by atoms with van der Waals surface area (Å²) in [6, 6.07) is 7.19. The molecular formula is C14H19ClN2O3S. The van der Waals surface area contributed by atoms with Crippen molar-refractivity contribution in [2.75, 3.05) is 39.5 Å². The van der Waals surface area contributed by atoms with Gasteiger partial charge in [0, 0.05) is 23.0 Å². The van der Waals surface area contributed by atoms with Crippen molar-refractivity contribution in [1.82, 2.24) is 9.80 Å². The quantitative estimate of drug-likeness (QED) is 0.738. The maximum Gasteiger partial charge on any atom is 0.323 e. The molecule has 21 heavy (non-hydrogen) atoms. The first-order valence-electron chi connectivity index (χ1n) is 6.41. The molecule has 1 N–H and O–H groups in total. The molecular weight excluding hydrogens is 312 g/mol. The van der Waals surface area contributed by atoms with Crippen LogP contribution in [0.4, 0.5) is 0 Å². The van der Waals surface area contributed by atoms with Gasteiger partial charge in [0.1, 0.15) is 6.54 Å². The zero-order valence-corrected chi connectivity index (χ0v) is 13.7. The number of carbonyl (C=O) groups excluding carboxylic acids is 1. The average Bonchev–Trinajstić information content (AvgIpc) is 2.42. The fourth-order valence-electron chi connectivity index (χ4n) is 1.54. The Morgan fingerprint density at radius 2 is 1.81 bits per heavy atom. The minimum absolute atomic E-state index is 0.181. The van der Waals surface area contributed by atoms with Crippen LogP contribution in [0.2, 0.25) is 5.02 Å². The Morgan fingerprint density at radius 3 is 2.33 bits per heavy atom. The van der Waals surface area contributed by atoms with E-state index in [1.165, 1.54) is 16.7 Å². The molecule has 0 bridgehead atoms. The van der Waals surface area contributed by atoms with Crippen molar-refractivity contribution in [3.05, 3.63) is 29.3 Å². The molecule has 0 spiro atoms. The summed E-state index contributed by atoms with van der Waals surface area (Å²) in [5.74, 6) is -0.972. The molecule has 116 valence electrons. The average molecular weight is 331 g/mol. The summed E-state index contributed by atoms with van der Waals surface area (Å²) < 4.78 is 0. The van der Waals surface area contributed by atoms with E-state index in [4.69, 9.17) is 16.7 Å². The standard InChI is InChI=1S/C14H19ClN2O3S/c1-16(2)7-8-17(9-14(19)20)13(18)10-21-12-5-3-11(15)4-6-12/h3-6H,7-10H2,1-2H3,(H,19,20). The second-order valence-corrected chi connectivity index (χ2v) is 6.24. The molecule has 1 rings (SSSR count). The lowest BCUT2D eigenvalue weighted by Crippen LogP contribution is -2.40. The second kappa shape index (κ2) is 8.92. The van der Waals surface area contributed by atoms with Gasteiger partial charge in [-0.05, 0) is 38.4 Å². The Balaban J connectivity index is 2.54. The molecule has 0 aliphatic rings. The van der Waals surface area contributed by atoms with Gasteiger partial charge >= 0.3 is 5.97 Å². The smallest absolute Gasteiger partial charge is 0.323 e. The molecule has 0 saturated carbocycles. The fourth-order valence-corrected chi connectivity index (χ4v) is 2.47. The first kappa shape index (κ1) is 17.8. The van der Waals surface area contributed by atoms with Crippen LogP contribution in [0.15, 0.2) is 29.2 Å². The predicted molar refractivity (Wildman–Crippen MR) is 84.9 cm³/mol. The van der Waals surface area contributed by atoms with Crippen molar-refractivity contribution < 1.29 is 14.7 Å². The highest BCUT2D eigenvalue weighted by Crippen LogP contribution is 2.20. The van der Waals surface area contributed by atoms with E-state index < -0.39 is 5.97 Å². The highest BCUT2D eigenvalue weighted by atomic mass is 35.5. The van der Waals surface area contributed by atoms with Crippen LogP contribution in [0.3, 0.4) is 0 Å². The van der Waals surface area contributed by atoms with Crippen molar-refractivity contribution in [2.24, 2.45) is 0 Å². The third kappa shape index (κ3) is 7.36. The van der Waals surface area contributed by atoms with Crippen molar-refractivity contribution >= 4 is 35.2 Å². The highest BCUT2D eigenvalue weighted by molar-refractivity contribution is 8.00. The summed E-state index contributed by atoms with van der Waals surface area (Å²) in [5, 5.41) is 9.53. The fraction of sp³-hybridized carbons (Fsp3) is 0.429. The van der Waals surface area contributed by atoms with Gasteiger partial charge in [0.25, 0.3) is 0 Å². The van der Waals surface area contributed by atoms with E-state index >= 15 is 0 Å². The van der Waals surface area contributed by atoms with E-state index in [1.54, 1.807) is 12.1 Å². The number of carboxylic acids is 1. The van der Waals surface area contributed by atoms with E-state index in [1.807, 2.05) is 31.1 Å². The minimum Gasteiger partial charge on any atom is -0.480 e. The van der Waals surface area contributed by atoms with Crippen molar-refractivity contribution in [3.63, 3.8) is 0 Å². The van der Waals surface area contributed by atoms with Gasteiger partial charge in [-0.3, -0.25) is 9.59 Å². The lowest BCUT2D eigenvalue weighted by molar-refractivity contribution is -0.143. The van der Waals surface area contributed by atoms with Crippen LogP contribution < -0.4 is 0 Å². The largest absolute Gasteiger partial charge is 0.480 e. The van der Waals surface area contributed by atoms with Gasteiger partial charge < -0.3 is 14.9 Å². The van der Waals surface area contributed by atoms with Crippen molar-refractivity contribution in [3.8, 4) is 0 Å². The molecule has 1 amide bonds. The van der Waals surface area contributed by atoms with E-state index in [-0.39, 0.29) is 18.2 Å². The molecule has 7 heteroatoms. The summed E-state index contributed by atoms with van der Waals surface area (Å²) in [6.07, 6.45) is 0. The number of aliphatic carboxylic acids is 1. The summed E-state index contributed by atoms with van der Waals surface area (Å²) >= 11 is 7.17. The maximum absolute atomic E-state index is 12.1. The summed E-state index contributed by atoms with van der Waals surface area (Å²) in [5.41, 5.74) is 0. The van der Waals surface area contributed by atoms with Gasteiger partial charge in [0.2, 0.25) is 5.91 Å². The number of hydrogen-bond donors (Lipinski definition) is 1. The van der Waals surface area contributed by atoms with E-state index in [0.29, 0.717) is 18.1 Å². The number of benzene rings is 1. The normalized spacial score (nSPS) is 10.7. The molecule has 0 aliphatic heterocycles. The number of carbonyl (C=O) groups is 2. The van der Waals surface area contributed by atoms with Gasteiger partial charge in [-0.25, -0.2) is 0 Å². The first-order chi connectivity index (χ1) is 9.88. The van der Waals surface area contributed by atoms with Gasteiger partial charge in [0.05, 0.1) is 5.75 Å². The Labute approximate surface area is 133 Å². The molecule has 0 radical (unpaired) electrons. The van der Waals surface area contributed by atoms with E-state index in [9.17, 15) is 9.59 Å². The van der Waals surface area contributed by atoms with Crippen LogP contribution in [0.25, 0.3) is 0 Å². The van der Waals surface area contributed by atoms with Crippen molar-refractivity contribution in [1.29, 1.82) is 0 Å². The molecule has 0 aliphatic carbocycles. The lowest BCUT2D eigenvalue weighted by atomic mass is 10.4. The van der Waals surface area contributed by atoms with Gasteiger partial charge in [-0.1, -0.05) is 11.6 Å². The molecule has 5 nitrogen and oxygen atoms in total. The van der Waals surface area contributed by atoms with Crippen LogP contribution in [-0.4, -0.2) is 66.3 Å². The monoisotopic (exact) mass is 330 g/mol. The SMILES string of the molecule is CN(C)CCN(CC(=O)O)C(=O)CSc1ccc(Cl)cc1. The number of rotatable bonds is 8. The summed E-state index contributed by atoms with van der Waals surface area (Å²) in [7, 11) is 3.76. The molecule has 0 fully saturated rings. The lowest BCUT2D eigenvalue weighted by Gasteiger charge is -2.22. The number of nitrogens with zero attached hydrogens (tertiary/aromatic N) is 2. The molecule has 0 saturated heterocycles. The predicted octanol–water partition coefficient (Wildman–Crippen LogP) is 1.91. The Kier molecular flexibility index (Phi) is 7.56.